The highest BCUT2D eigenvalue weighted by Crippen LogP contribution is 2.38. The van der Waals surface area contributed by atoms with Gasteiger partial charge >= 0.3 is 6.03 Å². The van der Waals surface area contributed by atoms with Gasteiger partial charge in [0.15, 0.2) is 0 Å². The van der Waals surface area contributed by atoms with E-state index in [0.29, 0.717) is 23.9 Å². The molecule has 0 saturated carbocycles. The van der Waals surface area contributed by atoms with Gasteiger partial charge in [0, 0.05) is 19.2 Å². The molecule has 160 valence electrons. The number of nitrogens with one attached hydrogen (secondary N) is 1. The molecule has 5 rings (SSSR count). The molecule has 0 saturated heterocycles. The highest BCUT2D eigenvalue weighted by atomic mass is 32.2. The Morgan fingerprint density at radius 2 is 2.00 bits per heavy atom. The number of nitrogens with zero attached hydrogens (tertiary/aromatic N) is 3. The predicted molar refractivity (Wildman–Crippen MR) is 113 cm³/mol. The third-order valence-corrected chi connectivity index (χ3v) is 7.34. The number of hydrogen-bond donors (Lipinski definition) is 2. The Labute approximate surface area is 177 Å². The number of methoxy groups -OCH3 is 1. The van der Waals surface area contributed by atoms with Crippen LogP contribution in [0.5, 0.6) is 5.88 Å². The number of carbonyl (C=O) groups is 1. The van der Waals surface area contributed by atoms with Crippen LogP contribution in [0.4, 0.5) is 10.5 Å². The number of ether oxygens (including phenoxy) is 2. The summed E-state index contributed by atoms with van der Waals surface area (Å²) in [6.45, 7) is 0.957. The van der Waals surface area contributed by atoms with E-state index in [-0.39, 0.29) is 6.10 Å². The number of anilines is 1. The van der Waals surface area contributed by atoms with Gasteiger partial charge in [-0.3, -0.25) is 0 Å². The third kappa shape index (κ3) is 3.50. The highest BCUT2D eigenvalue weighted by Gasteiger charge is 2.25. The van der Waals surface area contributed by atoms with Crippen LogP contribution in [0.1, 0.15) is 41.5 Å². The summed E-state index contributed by atoms with van der Waals surface area (Å²) in [6, 6.07) is 1.74. The number of hydrogen-bond acceptors (Lipinski definition) is 5. The van der Waals surface area contributed by atoms with Crippen molar-refractivity contribution in [1.29, 1.82) is 0 Å². The minimum absolute atomic E-state index is 0.0145. The Kier molecular flexibility index (Phi) is 5.24. The predicted octanol–water partition coefficient (Wildman–Crippen LogP) is 2.91. The Hall–Kier alpha value is -2.39. The number of amides is 2. The SMILES string of the molecule is CO[C@@H]1CCOc2c(/[SH](=O)=N\C(=O)Nc3c4c(cc5c3CCC5)CCC4)cnn2C1. The average molecular weight is 431 g/mol. The second-order valence-electron chi connectivity index (χ2n) is 8.05. The second kappa shape index (κ2) is 8.03. The summed E-state index contributed by atoms with van der Waals surface area (Å²) in [5, 5.41) is 7.22. The lowest BCUT2D eigenvalue weighted by molar-refractivity contribution is 0.0775. The van der Waals surface area contributed by atoms with Gasteiger partial charge in [0.2, 0.25) is 5.88 Å². The fourth-order valence-corrected chi connectivity index (χ4v) is 5.59. The first-order valence-corrected chi connectivity index (χ1v) is 11.7. The second-order valence-corrected chi connectivity index (χ2v) is 9.28. The molecule has 2 amide bonds. The lowest BCUT2D eigenvalue weighted by Gasteiger charge is -2.14. The molecule has 2 heterocycles. The van der Waals surface area contributed by atoms with Crippen molar-refractivity contribution in [2.24, 2.45) is 4.36 Å². The van der Waals surface area contributed by atoms with Crippen molar-refractivity contribution in [2.45, 2.75) is 62.5 Å². The Morgan fingerprint density at radius 3 is 2.70 bits per heavy atom. The average Bonchev–Trinajstić information content (AvgIpc) is 3.45. The van der Waals surface area contributed by atoms with Crippen LogP contribution in [0.15, 0.2) is 21.5 Å². The normalized spacial score (nSPS) is 20.8. The molecule has 1 N–H and O–H groups in total. The van der Waals surface area contributed by atoms with Crippen LogP contribution in [-0.4, -0.2) is 39.8 Å². The zero-order valence-corrected chi connectivity index (χ0v) is 17.9. The van der Waals surface area contributed by atoms with Crippen LogP contribution in [0, 0.1) is 0 Å². The van der Waals surface area contributed by atoms with E-state index in [2.05, 4.69) is 20.8 Å². The molecule has 2 aromatic rings. The maximum atomic E-state index is 12.9. The van der Waals surface area contributed by atoms with E-state index in [4.69, 9.17) is 9.47 Å². The van der Waals surface area contributed by atoms with E-state index in [1.165, 1.54) is 28.5 Å². The summed E-state index contributed by atoms with van der Waals surface area (Å²) in [6.07, 6.45) is 8.44. The van der Waals surface area contributed by atoms with Gasteiger partial charge in [-0.15, -0.1) is 4.36 Å². The molecular weight excluding hydrogens is 404 g/mol. The van der Waals surface area contributed by atoms with Crippen LogP contribution in [-0.2, 0) is 47.6 Å². The monoisotopic (exact) mass is 430 g/mol. The molecule has 9 heteroatoms. The quantitative estimate of drug-likeness (QED) is 0.730. The maximum absolute atomic E-state index is 12.9. The summed E-state index contributed by atoms with van der Waals surface area (Å²) in [5.74, 6) is 0.411. The first-order chi connectivity index (χ1) is 14.6. The minimum Gasteiger partial charge on any atom is -0.477 e. The maximum Gasteiger partial charge on any atom is 0.353 e. The molecule has 0 radical (unpaired) electrons. The molecule has 1 aromatic carbocycles. The Morgan fingerprint density at radius 1 is 1.27 bits per heavy atom. The number of aryl methyl sites for hydroxylation is 2. The fourth-order valence-electron chi connectivity index (χ4n) is 4.77. The molecule has 8 nitrogen and oxygen atoms in total. The smallest absolute Gasteiger partial charge is 0.353 e. The summed E-state index contributed by atoms with van der Waals surface area (Å²) in [7, 11) is -0.667. The number of fused-ring (bicyclic) bond motifs is 3. The van der Waals surface area contributed by atoms with Crippen molar-refractivity contribution in [3.8, 4) is 5.88 Å². The molecule has 1 unspecified atom stereocenters. The number of urea groups is 1. The largest absolute Gasteiger partial charge is 0.477 e. The molecule has 1 aliphatic heterocycles. The van der Waals surface area contributed by atoms with Crippen molar-refractivity contribution in [2.75, 3.05) is 19.0 Å². The molecule has 30 heavy (non-hydrogen) atoms. The van der Waals surface area contributed by atoms with Crippen LogP contribution in [0.2, 0.25) is 0 Å². The fraction of sp³-hybridized carbons (Fsp3) is 0.524. The topological polar surface area (TPSA) is 94.8 Å². The van der Waals surface area contributed by atoms with E-state index in [0.717, 1.165) is 50.6 Å². The third-order valence-electron chi connectivity index (χ3n) is 6.25. The molecule has 0 bridgehead atoms. The number of aromatic nitrogens is 2. The van der Waals surface area contributed by atoms with Gasteiger partial charge in [0.05, 0.1) is 36.0 Å². The molecule has 1 aromatic heterocycles. The lowest BCUT2D eigenvalue weighted by Crippen LogP contribution is -2.17. The van der Waals surface area contributed by atoms with E-state index < -0.39 is 16.6 Å². The first kappa shape index (κ1) is 19.6. The van der Waals surface area contributed by atoms with Gasteiger partial charge < -0.3 is 14.8 Å². The summed E-state index contributed by atoms with van der Waals surface area (Å²) < 4.78 is 29.6. The molecule has 3 aliphatic rings. The van der Waals surface area contributed by atoms with Crippen molar-refractivity contribution in [1.82, 2.24) is 9.78 Å². The highest BCUT2D eigenvalue weighted by molar-refractivity contribution is 7.75. The van der Waals surface area contributed by atoms with Gasteiger partial charge in [0.1, 0.15) is 4.90 Å². The van der Waals surface area contributed by atoms with Gasteiger partial charge in [-0.2, -0.15) is 5.10 Å². The van der Waals surface area contributed by atoms with Crippen molar-refractivity contribution >= 4 is 22.3 Å². The molecule has 0 fully saturated rings. The summed E-state index contributed by atoms with van der Waals surface area (Å²) in [4.78, 5) is 13.1. The summed E-state index contributed by atoms with van der Waals surface area (Å²) in [5.41, 5.74) is 6.02. The van der Waals surface area contributed by atoms with Crippen molar-refractivity contribution in [3.05, 3.63) is 34.5 Å². The first-order valence-electron chi connectivity index (χ1n) is 10.5. The van der Waals surface area contributed by atoms with E-state index in [9.17, 15) is 9.00 Å². The number of carbonyl (C=O) groups excluding carboxylic acids is 1. The standard InChI is InChI=1S/C21H26N4O4S/c1-28-15-8-9-29-20-18(11-22-25(20)12-15)30(27)24-21(26)23-19-16-6-2-4-13(16)10-14-5-3-7-17(14)19/h10-11,15,30H,2-9,12H2,1H3,(H,23,26)/t15-/m1/s1. The number of rotatable bonds is 3. The zero-order valence-electron chi connectivity index (χ0n) is 17.0. The van der Waals surface area contributed by atoms with E-state index in [1.807, 2.05) is 0 Å². The van der Waals surface area contributed by atoms with Crippen LogP contribution < -0.4 is 10.1 Å². The minimum atomic E-state index is -2.32. The molecule has 2 aliphatic carbocycles. The van der Waals surface area contributed by atoms with Crippen molar-refractivity contribution in [3.63, 3.8) is 0 Å². The number of benzene rings is 1. The molecular formula is C21H26N4O4S. The van der Waals surface area contributed by atoms with Gasteiger partial charge in [-0.1, -0.05) is 6.07 Å². The molecule has 0 spiro atoms. The van der Waals surface area contributed by atoms with Crippen LogP contribution >= 0.6 is 0 Å². The van der Waals surface area contributed by atoms with Gasteiger partial charge in [-0.25, -0.2) is 13.7 Å². The number of thiol groups is 1. The Balaban J connectivity index is 1.41. The van der Waals surface area contributed by atoms with Gasteiger partial charge in [0.25, 0.3) is 0 Å². The molecule has 2 atom stereocenters. The Bertz CT molecular complexity index is 1050. The zero-order chi connectivity index (χ0) is 20.7. The summed E-state index contributed by atoms with van der Waals surface area (Å²) >= 11 is 0. The lowest BCUT2D eigenvalue weighted by atomic mass is 9.99. The van der Waals surface area contributed by atoms with Crippen molar-refractivity contribution < 1.29 is 18.5 Å². The van der Waals surface area contributed by atoms with E-state index in [1.54, 1.807) is 11.8 Å². The van der Waals surface area contributed by atoms with Crippen LogP contribution in [0.3, 0.4) is 0 Å². The van der Waals surface area contributed by atoms with E-state index >= 15 is 0 Å². The van der Waals surface area contributed by atoms with Gasteiger partial charge in [-0.05, 0) is 60.8 Å². The van der Waals surface area contributed by atoms with Crippen LogP contribution in [0.25, 0.3) is 0 Å².